The van der Waals surface area contributed by atoms with Crippen LogP contribution >= 0.6 is 0 Å². The van der Waals surface area contributed by atoms with Crippen molar-refractivity contribution in [1.29, 1.82) is 0 Å². The molecule has 1 aliphatic rings. The number of phenolic OH excluding ortho intramolecular Hbond substituents is 1. The number of carbonyl (C=O) groups is 1. The molecule has 2 heterocycles. The fraction of sp³-hybridized carbons (Fsp3) is 0.526. The lowest BCUT2D eigenvalue weighted by Gasteiger charge is -2.22. The molecule has 1 atom stereocenters. The lowest BCUT2D eigenvalue weighted by molar-refractivity contribution is 0.0508. The largest absolute Gasteiger partial charge is 0.505 e. The molecule has 0 radical (unpaired) electrons. The van der Waals surface area contributed by atoms with Gasteiger partial charge < -0.3 is 19.7 Å². The number of nitrogens with zero attached hydrogens (tertiary/aromatic N) is 1. The van der Waals surface area contributed by atoms with Gasteiger partial charge in [-0.3, -0.25) is 0 Å². The van der Waals surface area contributed by atoms with Crippen LogP contribution in [0.3, 0.4) is 0 Å². The zero-order valence-electron chi connectivity index (χ0n) is 15.1. The normalized spacial score (nSPS) is 15.2. The number of aryl methyl sites for hydroxylation is 1. The van der Waals surface area contributed by atoms with Gasteiger partial charge in [-0.05, 0) is 64.7 Å². The first-order chi connectivity index (χ1) is 11.7. The highest BCUT2D eigenvalue weighted by Crippen LogP contribution is 2.36. The average Bonchev–Trinajstić information content (AvgIpc) is 3.03. The highest BCUT2D eigenvalue weighted by atomic mass is 19.1. The lowest BCUT2D eigenvalue weighted by atomic mass is 10.0. The molecular formula is C19H25FN2O3. The third-order valence-corrected chi connectivity index (χ3v) is 4.44. The van der Waals surface area contributed by atoms with Crippen LogP contribution in [0.4, 0.5) is 9.18 Å². The van der Waals surface area contributed by atoms with Crippen molar-refractivity contribution in [2.45, 2.75) is 65.1 Å². The van der Waals surface area contributed by atoms with Crippen LogP contribution in [0.1, 0.15) is 45.4 Å². The molecule has 1 aromatic carbocycles. The quantitative estimate of drug-likeness (QED) is 0.884. The van der Waals surface area contributed by atoms with Gasteiger partial charge in [0.2, 0.25) is 0 Å². The molecule has 1 aliphatic heterocycles. The number of amides is 1. The summed E-state index contributed by atoms with van der Waals surface area (Å²) in [7, 11) is 0. The monoisotopic (exact) mass is 348 g/mol. The molecule has 5 nitrogen and oxygen atoms in total. The Balaban J connectivity index is 1.89. The van der Waals surface area contributed by atoms with Crippen LogP contribution in [0.15, 0.2) is 12.1 Å². The third-order valence-electron chi connectivity index (χ3n) is 4.44. The van der Waals surface area contributed by atoms with E-state index in [2.05, 4.69) is 9.88 Å². The van der Waals surface area contributed by atoms with E-state index in [-0.39, 0.29) is 11.8 Å². The van der Waals surface area contributed by atoms with Gasteiger partial charge in [0.25, 0.3) is 0 Å². The highest BCUT2D eigenvalue weighted by molar-refractivity contribution is 5.88. The topological polar surface area (TPSA) is 63.5 Å². The molecule has 2 aromatic rings. The van der Waals surface area contributed by atoms with E-state index >= 15 is 0 Å². The van der Waals surface area contributed by atoms with E-state index < -0.39 is 17.5 Å². The molecule has 6 heteroatoms. The van der Waals surface area contributed by atoms with Crippen LogP contribution in [0.25, 0.3) is 10.9 Å². The predicted molar refractivity (Wildman–Crippen MR) is 94.4 cm³/mol. The maximum absolute atomic E-state index is 14.6. The molecule has 1 amide bonds. The van der Waals surface area contributed by atoms with E-state index in [0.717, 1.165) is 36.2 Å². The predicted octanol–water partition coefficient (Wildman–Crippen LogP) is 3.89. The summed E-state index contributed by atoms with van der Waals surface area (Å²) in [6.45, 7) is 8.15. The first kappa shape index (κ1) is 17.6. The number of phenols is 1. The van der Waals surface area contributed by atoms with Crippen LogP contribution in [0, 0.1) is 5.82 Å². The van der Waals surface area contributed by atoms with Crippen molar-refractivity contribution < 1.29 is 19.0 Å². The molecule has 0 spiro atoms. The standard InChI is InChI=1S/C19H25FN2O3/c1-11(21-18(24)25-19(2,3)4)10-12-13-6-5-9-22(13)14-7-8-15(23)17(20)16(12)14/h7-8,11,23H,5-6,9-10H2,1-4H3,(H,21,24). The number of alkyl carbamates (subject to hydrolysis) is 1. The number of hydrogen-bond acceptors (Lipinski definition) is 3. The summed E-state index contributed by atoms with van der Waals surface area (Å²) in [4.78, 5) is 12.0. The van der Waals surface area contributed by atoms with Gasteiger partial charge in [-0.2, -0.15) is 0 Å². The minimum atomic E-state index is -0.584. The molecule has 25 heavy (non-hydrogen) atoms. The van der Waals surface area contributed by atoms with Gasteiger partial charge in [0.1, 0.15) is 5.60 Å². The maximum Gasteiger partial charge on any atom is 0.407 e. The Hall–Kier alpha value is -2.24. The molecule has 1 unspecified atom stereocenters. The Morgan fingerprint density at radius 3 is 2.84 bits per heavy atom. The van der Waals surface area contributed by atoms with Gasteiger partial charge in [-0.15, -0.1) is 0 Å². The van der Waals surface area contributed by atoms with Gasteiger partial charge in [0.15, 0.2) is 11.6 Å². The van der Waals surface area contributed by atoms with E-state index in [4.69, 9.17) is 4.74 Å². The van der Waals surface area contributed by atoms with Gasteiger partial charge in [-0.25, -0.2) is 9.18 Å². The van der Waals surface area contributed by atoms with Crippen molar-refractivity contribution in [2.24, 2.45) is 0 Å². The van der Waals surface area contributed by atoms with Crippen molar-refractivity contribution >= 4 is 17.0 Å². The number of ether oxygens (including phenoxy) is 1. The smallest absolute Gasteiger partial charge is 0.407 e. The van der Waals surface area contributed by atoms with Crippen molar-refractivity contribution in [3.63, 3.8) is 0 Å². The number of hydrogen-bond donors (Lipinski definition) is 2. The number of benzene rings is 1. The fourth-order valence-corrected chi connectivity index (χ4v) is 3.55. The Labute approximate surface area is 146 Å². The molecule has 136 valence electrons. The summed E-state index contributed by atoms with van der Waals surface area (Å²) >= 11 is 0. The molecular weight excluding hydrogens is 323 g/mol. The van der Waals surface area contributed by atoms with Gasteiger partial charge >= 0.3 is 6.09 Å². The summed E-state index contributed by atoms with van der Waals surface area (Å²) < 4.78 is 22.0. The summed E-state index contributed by atoms with van der Waals surface area (Å²) in [6.07, 6.45) is 1.90. The highest BCUT2D eigenvalue weighted by Gasteiger charge is 2.26. The molecule has 3 rings (SSSR count). The second-order valence-corrected chi connectivity index (χ2v) is 7.72. The second kappa shape index (κ2) is 6.24. The molecule has 1 aromatic heterocycles. The van der Waals surface area contributed by atoms with Gasteiger partial charge in [0.05, 0.1) is 5.52 Å². The Morgan fingerprint density at radius 1 is 1.44 bits per heavy atom. The van der Waals surface area contributed by atoms with E-state index in [1.165, 1.54) is 6.07 Å². The summed E-state index contributed by atoms with van der Waals surface area (Å²) in [6, 6.07) is 2.94. The van der Waals surface area contributed by atoms with Crippen molar-refractivity contribution in [3.05, 3.63) is 29.2 Å². The maximum atomic E-state index is 14.6. The Morgan fingerprint density at radius 2 is 2.16 bits per heavy atom. The summed E-state index contributed by atoms with van der Waals surface area (Å²) in [5.41, 5.74) is 2.20. The lowest BCUT2D eigenvalue weighted by Crippen LogP contribution is -2.38. The number of fused-ring (bicyclic) bond motifs is 3. The Bertz CT molecular complexity index is 820. The molecule has 0 aliphatic carbocycles. The van der Waals surface area contributed by atoms with Crippen molar-refractivity contribution in [1.82, 2.24) is 9.88 Å². The van der Waals surface area contributed by atoms with E-state index in [9.17, 15) is 14.3 Å². The zero-order valence-corrected chi connectivity index (χ0v) is 15.1. The van der Waals surface area contributed by atoms with E-state index in [0.29, 0.717) is 11.8 Å². The summed E-state index contributed by atoms with van der Waals surface area (Å²) in [5, 5.41) is 13.0. The summed E-state index contributed by atoms with van der Waals surface area (Å²) in [5.74, 6) is -0.926. The second-order valence-electron chi connectivity index (χ2n) is 7.72. The minimum absolute atomic E-state index is 0.215. The van der Waals surface area contributed by atoms with Crippen LogP contribution in [0.5, 0.6) is 5.75 Å². The van der Waals surface area contributed by atoms with E-state index in [1.54, 1.807) is 6.07 Å². The van der Waals surface area contributed by atoms with Crippen molar-refractivity contribution in [2.75, 3.05) is 0 Å². The average molecular weight is 348 g/mol. The number of nitrogens with one attached hydrogen (secondary N) is 1. The number of aromatic nitrogens is 1. The van der Waals surface area contributed by atoms with Crippen LogP contribution in [-0.2, 0) is 24.1 Å². The SMILES string of the molecule is CC(Cc1c2n(c3ccc(O)c(F)c13)CCC2)NC(=O)OC(C)(C)C. The number of rotatable bonds is 3. The number of aromatic hydroxyl groups is 1. The number of halogens is 1. The van der Waals surface area contributed by atoms with Crippen LogP contribution < -0.4 is 5.32 Å². The number of carbonyl (C=O) groups excluding carboxylic acids is 1. The fourth-order valence-electron chi connectivity index (χ4n) is 3.55. The van der Waals surface area contributed by atoms with Gasteiger partial charge in [0, 0.05) is 23.7 Å². The van der Waals surface area contributed by atoms with Gasteiger partial charge in [-0.1, -0.05) is 0 Å². The zero-order chi connectivity index (χ0) is 18.4. The van der Waals surface area contributed by atoms with Crippen molar-refractivity contribution in [3.8, 4) is 5.75 Å². The van der Waals surface area contributed by atoms with E-state index in [1.807, 2.05) is 27.7 Å². The first-order valence-electron chi connectivity index (χ1n) is 8.68. The molecule has 2 N–H and O–H groups in total. The molecule has 0 saturated heterocycles. The molecule has 0 fully saturated rings. The van der Waals surface area contributed by atoms with Crippen LogP contribution in [0.2, 0.25) is 0 Å². The third kappa shape index (κ3) is 3.43. The van der Waals surface area contributed by atoms with Crippen LogP contribution in [-0.4, -0.2) is 27.4 Å². The Kier molecular flexibility index (Phi) is 4.39. The first-order valence-corrected chi connectivity index (χ1v) is 8.68. The molecule has 0 bridgehead atoms. The molecule has 0 saturated carbocycles. The minimum Gasteiger partial charge on any atom is -0.505 e.